The summed E-state index contributed by atoms with van der Waals surface area (Å²) in [6.45, 7) is 5.73. The van der Waals surface area contributed by atoms with Crippen LogP contribution in [0.1, 0.15) is 38.2 Å². The Morgan fingerprint density at radius 1 is 1.08 bits per heavy atom. The van der Waals surface area contributed by atoms with Crippen LogP contribution < -0.4 is 4.74 Å². The topological polar surface area (TPSA) is 70.5 Å². The maximum atomic E-state index is 5.99. The quantitative estimate of drug-likeness (QED) is 0.663. The molecule has 3 aromatic rings. The summed E-state index contributed by atoms with van der Waals surface area (Å²) in [6.07, 6.45) is 3.73. The molecule has 0 spiro atoms. The van der Waals surface area contributed by atoms with Crippen LogP contribution in [-0.4, -0.2) is 29.5 Å². The Bertz CT molecular complexity index is 845. The first kappa shape index (κ1) is 16.8. The normalized spacial score (nSPS) is 15.5. The molecule has 1 fully saturated rings. The molecule has 1 saturated heterocycles. The Balaban J connectivity index is 1.49. The van der Waals surface area contributed by atoms with Gasteiger partial charge >= 0.3 is 0 Å². The number of hydrogen-bond donors (Lipinski definition) is 0. The monoisotopic (exact) mass is 354 g/mol. The van der Waals surface area contributed by atoms with Crippen LogP contribution in [-0.2, 0) is 4.74 Å². The third kappa shape index (κ3) is 3.51. The lowest BCUT2D eigenvalue weighted by Crippen LogP contribution is -2.25. The second-order valence-corrected chi connectivity index (χ2v) is 6.74. The molecule has 4 rings (SSSR count). The molecule has 0 atom stereocenters. The van der Waals surface area contributed by atoms with Crippen molar-refractivity contribution in [2.75, 3.05) is 13.2 Å². The van der Waals surface area contributed by atoms with E-state index in [4.69, 9.17) is 18.4 Å². The highest BCUT2D eigenvalue weighted by Gasteiger charge is 2.19. The van der Waals surface area contributed by atoms with Crippen molar-refractivity contribution in [3.63, 3.8) is 0 Å². The first-order valence-corrected chi connectivity index (χ1v) is 8.97. The summed E-state index contributed by atoms with van der Waals surface area (Å²) >= 11 is 0. The van der Waals surface area contributed by atoms with E-state index in [2.05, 4.69) is 24.0 Å². The molecule has 6 nitrogen and oxygen atoms in total. The van der Waals surface area contributed by atoms with Crippen molar-refractivity contribution in [1.29, 1.82) is 0 Å². The summed E-state index contributed by atoms with van der Waals surface area (Å²) in [6, 6.07) is 9.69. The number of rotatable bonds is 5. The van der Waals surface area contributed by atoms with Crippen LogP contribution in [0.15, 0.2) is 45.5 Å². The van der Waals surface area contributed by atoms with E-state index in [1.807, 2.05) is 30.3 Å². The molecule has 136 valence electrons. The Morgan fingerprint density at radius 2 is 1.85 bits per heavy atom. The van der Waals surface area contributed by atoms with Crippen molar-refractivity contribution in [1.82, 2.24) is 10.1 Å². The summed E-state index contributed by atoms with van der Waals surface area (Å²) < 4.78 is 22.3. The van der Waals surface area contributed by atoms with Crippen molar-refractivity contribution in [2.24, 2.45) is 0 Å². The number of benzene rings is 1. The molecule has 0 saturated carbocycles. The largest absolute Gasteiger partial charge is 0.490 e. The Labute approximate surface area is 152 Å². The molecule has 0 radical (unpaired) electrons. The fourth-order valence-electron chi connectivity index (χ4n) is 3.05. The zero-order valence-corrected chi connectivity index (χ0v) is 15.0. The molecule has 0 N–H and O–H groups in total. The summed E-state index contributed by atoms with van der Waals surface area (Å²) in [5.41, 5.74) is 1.93. The van der Waals surface area contributed by atoms with Crippen LogP contribution in [0.4, 0.5) is 0 Å². The van der Waals surface area contributed by atoms with Crippen LogP contribution in [0.2, 0.25) is 0 Å². The van der Waals surface area contributed by atoms with Gasteiger partial charge in [-0.15, -0.1) is 0 Å². The van der Waals surface area contributed by atoms with E-state index in [1.54, 1.807) is 6.26 Å². The van der Waals surface area contributed by atoms with Crippen LogP contribution in [0.25, 0.3) is 23.0 Å². The van der Waals surface area contributed by atoms with Crippen molar-refractivity contribution in [3.05, 3.63) is 42.2 Å². The molecule has 0 bridgehead atoms. The van der Waals surface area contributed by atoms with Crippen LogP contribution in [0.3, 0.4) is 0 Å². The lowest BCUT2D eigenvalue weighted by molar-refractivity contribution is 0.0256. The highest BCUT2D eigenvalue weighted by atomic mass is 16.5. The number of nitrogens with zero attached hydrogens (tertiary/aromatic N) is 2. The summed E-state index contributed by atoms with van der Waals surface area (Å²) in [7, 11) is 0. The van der Waals surface area contributed by atoms with Crippen molar-refractivity contribution >= 4 is 0 Å². The van der Waals surface area contributed by atoms with Gasteiger partial charge in [-0.05, 0) is 36.2 Å². The van der Waals surface area contributed by atoms with Gasteiger partial charge in [0.25, 0.3) is 5.89 Å². The molecule has 3 heterocycles. The van der Waals surface area contributed by atoms with Crippen LogP contribution in [0, 0.1) is 0 Å². The first-order valence-electron chi connectivity index (χ1n) is 8.97. The highest BCUT2D eigenvalue weighted by Crippen LogP contribution is 2.31. The summed E-state index contributed by atoms with van der Waals surface area (Å²) in [5, 5.41) is 4.08. The van der Waals surface area contributed by atoms with Crippen LogP contribution >= 0.6 is 0 Å². The average Bonchev–Trinajstić information content (AvgIpc) is 3.32. The molecule has 0 aliphatic carbocycles. The molecule has 2 aromatic heterocycles. The van der Waals surface area contributed by atoms with E-state index >= 15 is 0 Å². The zero-order valence-electron chi connectivity index (χ0n) is 15.0. The SMILES string of the molecule is CC(C)c1ccoc1-c1nc(-c2ccc(OC3CCOCC3)cc2)no1. The number of hydrogen-bond acceptors (Lipinski definition) is 6. The standard InChI is InChI=1S/C20H22N2O4/c1-13(2)17-9-12-24-18(17)20-21-19(22-26-20)14-3-5-15(6-4-14)25-16-7-10-23-11-8-16/h3-6,9,12-13,16H,7-8,10-11H2,1-2H3. The Hall–Kier alpha value is -2.60. The molecular weight excluding hydrogens is 332 g/mol. The van der Waals surface area contributed by atoms with Gasteiger partial charge in [0.1, 0.15) is 11.9 Å². The molecular formula is C20H22N2O4. The van der Waals surface area contributed by atoms with E-state index in [1.165, 1.54) is 0 Å². The lowest BCUT2D eigenvalue weighted by Gasteiger charge is -2.23. The van der Waals surface area contributed by atoms with Crippen LogP contribution in [0.5, 0.6) is 5.75 Å². The van der Waals surface area contributed by atoms with Gasteiger partial charge in [-0.2, -0.15) is 4.98 Å². The van der Waals surface area contributed by atoms with Crippen molar-refractivity contribution in [3.8, 4) is 28.8 Å². The van der Waals surface area contributed by atoms with E-state index < -0.39 is 0 Å². The van der Waals surface area contributed by atoms with Crippen molar-refractivity contribution in [2.45, 2.75) is 38.7 Å². The molecule has 1 aliphatic heterocycles. The predicted octanol–water partition coefficient (Wildman–Crippen LogP) is 4.68. The third-order valence-electron chi connectivity index (χ3n) is 4.52. The van der Waals surface area contributed by atoms with E-state index in [9.17, 15) is 0 Å². The van der Waals surface area contributed by atoms with Gasteiger partial charge in [0, 0.05) is 24.0 Å². The third-order valence-corrected chi connectivity index (χ3v) is 4.52. The van der Waals surface area contributed by atoms with E-state index in [0.29, 0.717) is 23.4 Å². The molecule has 1 aliphatic rings. The minimum absolute atomic E-state index is 0.222. The fourth-order valence-corrected chi connectivity index (χ4v) is 3.05. The maximum absolute atomic E-state index is 5.99. The molecule has 6 heteroatoms. The minimum atomic E-state index is 0.222. The van der Waals surface area contributed by atoms with Gasteiger partial charge in [0.05, 0.1) is 19.5 Å². The lowest BCUT2D eigenvalue weighted by atomic mass is 10.0. The van der Waals surface area contributed by atoms with Crippen molar-refractivity contribution < 1.29 is 18.4 Å². The number of aromatic nitrogens is 2. The zero-order chi connectivity index (χ0) is 17.9. The van der Waals surface area contributed by atoms with E-state index in [-0.39, 0.29) is 6.10 Å². The maximum Gasteiger partial charge on any atom is 0.294 e. The van der Waals surface area contributed by atoms with E-state index in [0.717, 1.165) is 42.9 Å². The summed E-state index contributed by atoms with van der Waals surface area (Å²) in [5.74, 6) is 2.73. The Kier molecular flexibility index (Phi) is 4.75. The smallest absolute Gasteiger partial charge is 0.294 e. The minimum Gasteiger partial charge on any atom is -0.490 e. The fraction of sp³-hybridized carbons (Fsp3) is 0.400. The molecule has 1 aromatic carbocycles. The van der Waals surface area contributed by atoms with Gasteiger partial charge in [0.2, 0.25) is 5.82 Å². The second-order valence-electron chi connectivity index (χ2n) is 6.74. The molecule has 26 heavy (non-hydrogen) atoms. The average molecular weight is 354 g/mol. The Morgan fingerprint density at radius 3 is 2.58 bits per heavy atom. The summed E-state index contributed by atoms with van der Waals surface area (Å²) in [4.78, 5) is 4.48. The van der Waals surface area contributed by atoms with Gasteiger partial charge < -0.3 is 18.4 Å². The highest BCUT2D eigenvalue weighted by molar-refractivity contribution is 5.59. The molecule has 0 amide bonds. The van der Waals surface area contributed by atoms with Gasteiger partial charge in [0.15, 0.2) is 5.76 Å². The predicted molar refractivity (Wildman–Crippen MR) is 96.0 cm³/mol. The second kappa shape index (κ2) is 7.33. The van der Waals surface area contributed by atoms with Gasteiger partial charge in [-0.1, -0.05) is 19.0 Å². The van der Waals surface area contributed by atoms with Gasteiger partial charge in [-0.25, -0.2) is 0 Å². The first-order chi connectivity index (χ1) is 12.7. The number of furan rings is 1. The molecule has 0 unspecified atom stereocenters. The van der Waals surface area contributed by atoms with Gasteiger partial charge in [-0.3, -0.25) is 0 Å². The number of ether oxygens (including phenoxy) is 2.